The molecule has 0 heterocycles. The molecule has 0 amide bonds. The van der Waals surface area contributed by atoms with Crippen molar-refractivity contribution in [2.45, 2.75) is 70.6 Å². The van der Waals surface area contributed by atoms with Crippen LogP contribution >= 0.6 is 12.2 Å². The summed E-state index contributed by atoms with van der Waals surface area (Å²) in [6, 6.07) is 13.5. The lowest BCUT2D eigenvalue weighted by atomic mass is 9.89. The summed E-state index contributed by atoms with van der Waals surface area (Å²) in [4.78, 5) is 6.15. The second kappa shape index (κ2) is 13.5. The Morgan fingerprint density at radius 2 is 1.56 bits per heavy atom. The number of thiocarbonyl (C=S) groups is 1. The Balaban J connectivity index is 1.28. The van der Waals surface area contributed by atoms with E-state index < -0.39 is 11.7 Å². The summed E-state index contributed by atoms with van der Waals surface area (Å²) in [5.74, 6) is 0.782. The van der Waals surface area contributed by atoms with Crippen molar-refractivity contribution in [3.8, 4) is 0 Å². The average molecular weight is 491 g/mol. The van der Waals surface area contributed by atoms with Gasteiger partial charge in [0.2, 0.25) is 0 Å². The van der Waals surface area contributed by atoms with Crippen LogP contribution in [0, 0.1) is 5.92 Å². The maximum atomic E-state index is 12.6. The standard InChI is InChI=1S/C27H33F3N2OS/c28-27(29,30)25-15-12-24(13-16-25)20-33-32-18-4-7-21-8-10-22(11-9-21)14-17-26(34)31-19-23-5-2-1-3-6-23/h8-13,15-16,18,23H,1-7,14,17,19-20H2,(H,31,34). The molecule has 0 atom stereocenters. The molecule has 0 saturated heterocycles. The molecule has 0 unspecified atom stereocenters. The van der Waals surface area contributed by atoms with E-state index in [0.29, 0.717) is 5.56 Å². The maximum absolute atomic E-state index is 12.6. The van der Waals surface area contributed by atoms with E-state index in [2.05, 4.69) is 34.7 Å². The van der Waals surface area contributed by atoms with Crippen LogP contribution in [0.5, 0.6) is 0 Å². The Morgan fingerprint density at radius 3 is 2.21 bits per heavy atom. The molecule has 1 fully saturated rings. The summed E-state index contributed by atoms with van der Waals surface area (Å²) in [6.07, 6.45) is 7.49. The monoisotopic (exact) mass is 490 g/mol. The first-order valence-corrected chi connectivity index (χ1v) is 12.5. The molecule has 0 radical (unpaired) electrons. The molecule has 34 heavy (non-hydrogen) atoms. The Kier molecular flexibility index (Phi) is 10.4. The number of nitrogens with zero attached hydrogens (tertiary/aromatic N) is 1. The summed E-state index contributed by atoms with van der Waals surface area (Å²) in [5.41, 5.74) is 2.47. The van der Waals surface area contributed by atoms with Gasteiger partial charge < -0.3 is 10.2 Å². The van der Waals surface area contributed by atoms with Gasteiger partial charge in [-0.25, -0.2) is 0 Å². The molecule has 0 spiro atoms. The molecule has 7 heteroatoms. The molecule has 3 nitrogen and oxygen atoms in total. The van der Waals surface area contributed by atoms with E-state index in [9.17, 15) is 13.2 Å². The minimum Gasteiger partial charge on any atom is -0.391 e. The fourth-order valence-electron chi connectivity index (χ4n) is 4.11. The van der Waals surface area contributed by atoms with Crippen LogP contribution in [0.4, 0.5) is 13.2 Å². The number of aryl methyl sites for hydroxylation is 2. The highest BCUT2D eigenvalue weighted by Gasteiger charge is 2.29. The third-order valence-corrected chi connectivity index (χ3v) is 6.55. The first-order chi connectivity index (χ1) is 16.4. The normalized spacial score (nSPS) is 14.9. The van der Waals surface area contributed by atoms with Crippen LogP contribution in [-0.4, -0.2) is 17.7 Å². The van der Waals surface area contributed by atoms with Crippen molar-refractivity contribution >= 4 is 23.4 Å². The first-order valence-electron chi connectivity index (χ1n) is 12.0. The molecule has 2 aromatic rings. The van der Waals surface area contributed by atoms with E-state index in [4.69, 9.17) is 17.1 Å². The van der Waals surface area contributed by atoms with Crippen LogP contribution < -0.4 is 5.32 Å². The number of hydrogen-bond donors (Lipinski definition) is 1. The van der Waals surface area contributed by atoms with Gasteiger partial charge in [-0.1, -0.05) is 73.0 Å². The SMILES string of the molecule is FC(F)(F)c1ccc(CON=CCCc2ccc(CCC(=S)NCC3CCCCC3)cc2)cc1. The first kappa shape index (κ1) is 26.2. The number of halogens is 3. The molecule has 0 aliphatic heterocycles. The van der Waals surface area contributed by atoms with Crippen LogP contribution in [-0.2, 0) is 30.5 Å². The second-order valence-electron chi connectivity index (χ2n) is 8.92. The lowest BCUT2D eigenvalue weighted by Crippen LogP contribution is -2.29. The van der Waals surface area contributed by atoms with Gasteiger partial charge in [0.15, 0.2) is 0 Å². The van der Waals surface area contributed by atoms with E-state index in [1.807, 2.05) is 0 Å². The molecular weight excluding hydrogens is 457 g/mol. The van der Waals surface area contributed by atoms with E-state index in [-0.39, 0.29) is 6.61 Å². The lowest BCUT2D eigenvalue weighted by molar-refractivity contribution is -0.137. The highest BCUT2D eigenvalue weighted by Crippen LogP contribution is 2.29. The molecule has 0 aromatic heterocycles. The predicted molar refractivity (Wildman–Crippen MR) is 135 cm³/mol. The number of benzene rings is 2. The van der Waals surface area contributed by atoms with Gasteiger partial charge in [0.1, 0.15) is 6.61 Å². The minimum absolute atomic E-state index is 0.140. The number of nitrogens with one attached hydrogen (secondary N) is 1. The molecule has 1 aliphatic carbocycles. The summed E-state index contributed by atoms with van der Waals surface area (Å²) in [6.45, 7) is 1.16. The van der Waals surface area contributed by atoms with Crippen molar-refractivity contribution in [1.82, 2.24) is 5.32 Å². The third kappa shape index (κ3) is 9.45. The molecule has 1 aliphatic rings. The highest BCUT2D eigenvalue weighted by atomic mass is 32.1. The van der Waals surface area contributed by atoms with Gasteiger partial charge in [-0.05, 0) is 66.8 Å². The number of oxime groups is 1. The van der Waals surface area contributed by atoms with Gasteiger partial charge in [0.05, 0.1) is 10.6 Å². The van der Waals surface area contributed by atoms with Crippen molar-refractivity contribution in [2.75, 3.05) is 6.54 Å². The minimum atomic E-state index is -4.33. The van der Waals surface area contributed by atoms with Crippen molar-refractivity contribution in [3.63, 3.8) is 0 Å². The third-order valence-electron chi connectivity index (χ3n) is 6.20. The fourth-order valence-corrected chi connectivity index (χ4v) is 4.29. The Hall–Kier alpha value is -2.41. The molecule has 1 N–H and O–H groups in total. The van der Waals surface area contributed by atoms with Crippen molar-refractivity contribution in [2.24, 2.45) is 11.1 Å². The lowest BCUT2D eigenvalue weighted by Gasteiger charge is -2.22. The van der Waals surface area contributed by atoms with Gasteiger partial charge in [0.25, 0.3) is 0 Å². The molecular formula is C27H33F3N2OS. The van der Waals surface area contributed by atoms with E-state index in [1.165, 1.54) is 55.4 Å². The van der Waals surface area contributed by atoms with Crippen molar-refractivity contribution in [3.05, 3.63) is 70.8 Å². The quantitative estimate of drug-likeness (QED) is 0.204. The van der Waals surface area contributed by atoms with Gasteiger partial charge in [0, 0.05) is 19.2 Å². The number of rotatable bonds is 11. The van der Waals surface area contributed by atoms with Crippen molar-refractivity contribution < 1.29 is 18.0 Å². The molecule has 3 rings (SSSR count). The van der Waals surface area contributed by atoms with Crippen molar-refractivity contribution in [1.29, 1.82) is 0 Å². The summed E-state index contributed by atoms with van der Waals surface area (Å²) in [7, 11) is 0. The van der Waals surface area contributed by atoms with Gasteiger partial charge in [-0.15, -0.1) is 0 Å². The Bertz CT molecular complexity index is 905. The van der Waals surface area contributed by atoms with E-state index in [0.717, 1.165) is 55.3 Å². The zero-order valence-electron chi connectivity index (χ0n) is 19.4. The molecule has 0 bridgehead atoms. The largest absolute Gasteiger partial charge is 0.416 e. The zero-order chi connectivity index (χ0) is 24.2. The van der Waals surface area contributed by atoms with Gasteiger partial charge >= 0.3 is 6.18 Å². The number of alkyl halides is 3. The van der Waals surface area contributed by atoms with E-state index in [1.54, 1.807) is 6.21 Å². The average Bonchev–Trinajstić information content (AvgIpc) is 2.84. The van der Waals surface area contributed by atoms with Gasteiger partial charge in [-0.3, -0.25) is 0 Å². The summed E-state index contributed by atoms with van der Waals surface area (Å²) >= 11 is 5.51. The molecule has 1 saturated carbocycles. The smallest absolute Gasteiger partial charge is 0.391 e. The highest BCUT2D eigenvalue weighted by molar-refractivity contribution is 7.80. The van der Waals surface area contributed by atoms with Crippen LogP contribution in [0.2, 0.25) is 0 Å². The Labute approximate surface area is 205 Å². The second-order valence-corrected chi connectivity index (χ2v) is 9.41. The predicted octanol–water partition coefficient (Wildman–Crippen LogP) is 7.27. The van der Waals surface area contributed by atoms with Crippen LogP contribution in [0.15, 0.2) is 53.7 Å². The van der Waals surface area contributed by atoms with Crippen LogP contribution in [0.1, 0.15) is 67.2 Å². The van der Waals surface area contributed by atoms with E-state index >= 15 is 0 Å². The van der Waals surface area contributed by atoms with Crippen LogP contribution in [0.3, 0.4) is 0 Å². The summed E-state index contributed by atoms with van der Waals surface area (Å²) < 4.78 is 37.7. The topological polar surface area (TPSA) is 33.6 Å². The zero-order valence-corrected chi connectivity index (χ0v) is 20.3. The summed E-state index contributed by atoms with van der Waals surface area (Å²) in [5, 5.41) is 7.36. The van der Waals surface area contributed by atoms with Crippen LogP contribution in [0.25, 0.3) is 0 Å². The maximum Gasteiger partial charge on any atom is 0.416 e. The fraction of sp³-hybridized carbons (Fsp3) is 0.481. The van der Waals surface area contributed by atoms with Gasteiger partial charge in [-0.2, -0.15) is 13.2 Å². The molecule has 2 aromatic carbocycles. The number of hydrogen-bond acceptors (Lipinski definition) is 3. The molecule has 184 valence electrons. The Morgan fingerprint density at radius 1 is 0.941 bits per heavy atom.